The van der Waals surface area contributed by atoms with E-state index in [0.29, 0.717) is 50.7 Å². The molecule has 2 aliphatic heterocycles. The van der Waals surface area contributed by atoms with E-state index < -0.39 is 0 Å². The molecule has 29 heavy (non-hydrogen) atoms. The number of nitrogens with zero attached hydrogens (tertiary/aromatic N) is 3. The van der Waals surface area contributed by atoms with Crippen molar-refractivity contribution < 1.29 is 18.7 Å². The molecule has 0 radical (unpaired) electrons. The molecule has 2 saturated heterocycles. The zero-order valence-corrected chi connectivity index (χ0v) is 16.3. The van der Waals surface area contributed by atoms with Gasteiger partial charge in [0.05, 0.1) is 12.6 Å². The molecule has 9 heteroatoms. The Morgan fingerprint density at radius 3 is 2.97 bits per heavy atom. The first-order valence-corrected chi connectivity index (χ1v) is 9.83. The molecule has 0 spiro atoms. The largest absolute Gasteiger partial charge is 0.421 e. The molecule has 1 aromatic carbocycles. The first kappa shape index (κ1) is 19.5. The predicted octanol–water partition coefficient (Wildman–Crippen LogP) is 0.373. The highest BCUT2D eigenvalue weighted by Crippen LogP contribution is 2.26. The number of benzene rings is 1. The number of rotatable bonds is 7. The van der Waals surface area contributed by atoms with E-state index in [9.17, 15) is 9.59 Å². The first-order valence-electron chi connectivity index (χ1n) is 9.83. The van der Waals surface area contributed by atoms with Gasteiger partial charge in [-0.05, 0) is 18.6 Å². The number of nitrogens with one attached hydrogen (secondary N) is 2. The Morgan fingerprint density at radius 2 is 2.17 bits per heavy atom. The Bertz CT molecular complexity index is 856. The van der Waals surface area contributed by atoms with Gasteiger partial charge < -0.3 is 19.8 Å². The van der Waals surface area contributed by atoms with Crippen LogP contribution in [0.25, 0.3) is 11.5 Å². The molecule has 3 heterocycles. The fourth-order valence-electron chi connectivity index (χ4n) is 4.00. The number of carbonyl (C=O) groups excluding carboxylic acids is 2. The van der Waals surface area contributed by atoms with Crippen molar-refractivity contribution in [2.45, 2.75) is 37.4 Å². The molecule has 3 atom stereocenters. The maximum atomic E-state index is 12.3. The van der Waals surface area contributed by atoms with E-state index in [1.54, 1.807) is 7.11 Å². The Balaban J connectivity index is 1.40. The third-order valence-electron chi connectivity index (χ3n) is 5.42. The van der Waals surface area contributed by atoms with Gasteiger partial charge in [-0.3, -0.25) is 14.5 Å². The smallest absolute Gasteiger partial charge is 0.247 e. The first-order chi connectivity index (χ1) is 14.1. The summed E-state index contributed by atoms with van der Waals surface area (Å²) in [5.74, 6) is 0.974. The number of methoxy groups -OCH3 is 1. The number of carbonyl (C=O) groups is 2. The van der Waals surface area contributed by atoms with Crippen molar-refractivity contribution in [3.63, 3.8) is 0 Å². The summed E-state index contributed by atoms with van der Waals surface area (Å²) in [4.78, 5) is 26.5. The van der Waals surface area contributed by atoms with Gasteiger partial charge in [-0.25, -0.2) is 0 Å². The molecule has 1 aromatic heterocycles. The van der Waals surface area contributed by atoms with Crippen LogP contribution in [-0.2, 0) is 20.7 Å². The van der Waals surface area contributed by atoms with Gasteiger partial charge in [0.1, 0.15) is 0 Å². The van der Waals surface area contributed by atoms with Crippen LogP contribution in [0, 0.1) is 0 Å². The fourth-order valence-corrected chi connectivity index (χ4v) is 4.00. The second kappa shape index (κ2) is 8.71. The molecule has 4 rings (SSSR count). The van der Waals surface area contributed by atoms with E-state index in [2.05, 4.69) is 25.7 Å². The van der Waals surface area contributed by atoms with E-state index in [0.717, 1.165) is 5.56 Å². The van der Waals surface area contributed by atoms with Gasteiger partial charge in [-0.15, -0.1) is 10.2 Å². The molecule has 0 unspecified atom stereocenters. The van der Waals surface area contributed by atoms with Gasteiger partial charge in [0.2, 0.25) is 23.6 Å². The van der Waals surface area contributed by atoms with Crippen LogP contribution in [-0.4, -0.2) is 71.8 Å². The van der Waals surface area contributed by atoms with Crippen LogP contribution in [0.4, 0.5) is 0 Å². The topological polar surface area (TPSA) is 110 Å². The minimum atomic E-state index is -0.252. The maximum absolute atomic E-state index is 12.3. The second-order valence-electron chi connectivity index (χ2n) is 7.43. The van der Waals surface area contributed by atoms with Crippen LogP contribution in [0.3, 0.4) is 0 Å². The lowest BCUT2D eigenvalue weighted by molar-refractivity contribution is -0.129. The second-order valence-corrected chi connectivity index (χ2v) is 7.43. The van der Waals surface area contributed by atoms with Gasteiger partial charge in [0.15, 0.2) is 0 Å². The van der Waals surface area contributed by atoms with Crippen LogP contribution in [0.1, 0.15) is 18.7 Å². The Kier molecular flexibility index (Phi) is 5.86. The molecular formula is C20H25N5O4. The molecule has 2 aliphatic rings. The monoisotopic (exact) mass is 399 g/mol. The minimum Gasteiger partial charge on any atom is -0.421 e. The highest BCUT2D eigenvalue weighted by molar-refractivity contribution is 5.83. The summed E-state index contributed by atoms with van der Waals surface area (Å²) in [7, 11) is 1.57. The number of amides is 2. The summed E-state index contributed by atoms with van der Waals surface area (Å²) in [6.07, 6.45) is 1.46. The molecule has 2 N–H and O–H groups in total. The fraction of sp³-hybridized carbons (Fsp3) is 0.500. The third kappa shape index (κ3) is 4.46. The lowest BCUT2D eigenvalue weighted by atomic mass is 10.1. The van der Waals surface area contributed by atoms with Crippen LogP contribution >= 0.6 is 0 Å². The zero-order chi connectivity index (χ0) is 20.2. The van der Waals surface area contributed by atoms with Crippen molar-refractivity contribution in [1.29, 1.82) is 0 Å². The van der Waals surface area contributed by atoms with E-state index in [1.807, 2.05) is 30.3 Å². The van der Waals surface area contributed by atoms with Crippen molar-refractivity contribution >= 4 is 11.8 Å². The van der Waals surface area contributed by atoms with E-state index in [-0.39, 0.29) is 29.9 Å². The van der Waals surface area contributed by atoms with Crippen LogP contribution in [0.5, 0.6) is 0 Å². The summed E-state index contributed by atoms with van der Waals surface area (Å²) in [5, 5.41) is 14.3. The van der Waals surface area contributed by atoms with Crippen molar-refractivity contribution in [2.75, 3.05) is 26.8 Å². The van der Waals surface area contributed by atoms with Gasteiger partial charge in [-0.1, -0.05) is 18.2 Å². The van der Waals surface area contributed by atoms with Gasteiger partial charge in [0, 0.05) is 50.7 Å². The number of hydrogen-bond donors (Lipinski definition) is 2. The maximum Gasteiger partial charge on any atom is 0.247 e. The van der Waals surface area contributed by atoms with E-state index in [1.165, 1.54) is 0 Å². The quantitative estimate of drug-likeness (QED) is 0.692. The summed E-state index contributed by atoms with van der Waals surface area (Å²) in [5.41, 5.74) is 0.876. The molecule has 0 saturated carbocycles. The summed E-state index contributed by atoms with van der Waals surface area (Å²) in [6.45, 7) is 1.53. The minimum absolute atomic E-state index is 0.00499. The van der Waals surface area contributed by atoms with Crippen molar-refractivity contribution in [3.8, 4) is 11.5 Å². The Hall–Kier alpha value is -2.78. The molecule has 0 bridgehead atoms. The molecule has 154 valence electrons. The predicted molar refractivity (Wildman–Crippen MR) is 104 cm³/mol. The van der Waals surface area contributed by atoms with Crippen molar-refractivity contribution in [1.82, 2.24) is 25.7 Å². The number of hydrogen-bond acceptors (Lipinski definition) is 7. The molecule has 9 nitrogen and oxygen atoms in total. The summed E-state index contributed by atoms with van der Waals surface area (Å²) >= 11 is 0. The molecule has 2 amide bonds. The number of piperazine rings is 1. The SMILES string of the molecule is COCCC(=O)N[C@H]1C[C@H]2C(=O)NC[C@@H](Cc3nnc(-c4ccccc4)o3)N2C1. The highest BCUT2D eigenvalue weighted by Gasteiger charge is 2.44. The van der Waals surface area contributed by atoms with Gasteiger partial charge in [0.25, 0.3) is 0 Å². The summed E-state index contributed by atoms with van der Waals surface area (Å²) in [6, 6.07) is 9.36. The number of fused-ring (bicyclic) bond motifs is 1. The third-order valence-corrected chi connectivity index (χ3v) is 5.42. The average Bonchev–Trinajstić information content (AvgIpc) is 3.37. The van der Waals surface area contributed by atoms with Crippen LogP contribution in [0.15, 0.2) is 34.7 Å². The Morgan fingerprint density at radius 1 is 1.34 bits per heavy atom. The Labute approximate surface area is 168 Å². The van der Waals surface area contributed by atoms with E-state index >= 15 is 0 Å². The van der Waals surface area contributed by atoms with Crippen molar-refractivity contribution in [3.05, 3.63) is 36.2 Å². The molecule has 2 aromatic rings. The molecule has 0 aliphatic carbocycles. The highest BCUT2D eigenvalue weighted by atomic mass is 16.5. The van der Waals surface area contributed by atoms with Gasteiger partial charge in [-0.2, -0.15) is 0 Å². The number of aromatic nitrogens is 2. The van der Waals surface area contributed by atoms with Crippen molar-refractivity contribution in [2.24, 2.45) is 0 Å². The lowest BCUT2D eigenvalue weighted by Crippen LogP contribution is -2.58. The number of ether oxygens (including phenoxy) is 1. The molecule has 2 fully saturated rings. The van der Waals surface area contributed by atoms with Gasteiger partial charge >= 0.3 is 0 Å². The summed E-state index contributed by atoms with van der Waals surface area (Å²) < 4.78 is 10.8. The van der Waals surface area contributed by atoms with Crippen LogP contribution < -0.4 is 10.6 Å². The average molecular weight is 399 g/mol. The van der Waals surface area contributed by atoms with Crippen LogP contribution in [0.2, 0.25) is 0 Å². The standard InChI is InChI=1S/C20H25N5O4/c1-28-8-7-17(26)22-14-9-16-19(27)21-11-15(25(16)12-14)10-18-23-24-20(29-18)13-5-3-2-4-6-13/h2-6,14-16H,7-12H2,1H3,(H,21,27)(H,22,26)/t14-,15+,16-/m0/s1. The lowest BCUT2D eigenvalue weighted by Gasteiger charge is -2.36. The van der Waals surface area contributed by atoms with E-state index in [4.69, 9.17) is 9.15 Å². The zero-order valence-electron chi connectivity index (χ0n) is 16.3. The normalized spacial score (nSPS) is 24.2. The molecular weight excluding hydrogens is 374 g/mol.